The lowest BCUT2D eigenvalue weighted by molar-refractivity contribution is 0.0602. The summed E-state index contributed by atoms with van der Waals surface area (Å²) >= 11 is 0. The van der Waals surface area contributed by atoms with Gasteiger partial charge in [0.2, 0.25) is 0 Å². The number of benzene rings is 2. The highest BCUT2D eigenvalue weighted by Gasteiger charge is 2.20. The van der Waals surface area contributed by atoms with Gasteiger partial charge in [-0.05, 0) is 19.1 Å². The van der Waals surface area contributed by atoms with Gasteiger partial charge in [0.15, 0.2) is 5.76 Å². The van der Waals surface area contributed by atoms with Crippen LogP contribution in [0.15, 0.2) is 59.3 Å². The number of ether oxygens (including phenoxy) is 1. The Morgan fingerprint density at radius 1 is 1.04 bits per heavy atom. The van der Waals surface area contributed by atoms with Crippen LogP contribution in [0.25, 0.3) is 11.3 Å². The number of nitrogens with one attached hydrogen (secondary N) is 1. The van der Waals surface area contributed by atoms with E-state index in [0.717, 1.165) is 11.1 Å². The Hall–Kier alpha value is -3.41. The molecule has 0 saturated heterocycles. The molecule has 0 fully saturated rings. The summed E-state index contributed by atoms with van der Waals surface area (Å²) < 4.78 is 9.98. The smallest absolute Gasteiger partial charge is 0.339 e. The lowest BCUT2D eigenvalue weighted by Crippen LogP contribution is -2.15. The van der Waals surface area contributed by atoms with Crippen molar-refractivity contribution in [1.29, 1.82) is 0 Å². The van der Waals surface area contributed by atoms with Crippen molar-refractivity contribution >= 4 is 17.6 Å². The molecule has 0 aliphatic rings. The SMILES string of the molecule is COC(=O)c1ccccc1NC(=O)c1cnoc1-c1ccc(C)cc1. The molecule has 0 spiro atoms. The summed E-state index contributed by atoms with van der Waals surface area (Å²) in [5.74, 6) is -0.582. The molecule has 0 aliphatic heterocycles. The summed E-state index contributed by atoms with van der Waals surface area (Å²) in [6, 6.07) is 14.2. The molecule has 0 atom stereocenters. The Bertz CT molecular complexity index is 913. The van der Waals surface area contributed by atoms with Crippen LogP contribution >= 0.6 is 0 Å². The Morgan fingerprint density at radius 3 is 2.48 bits per heavy atom. The van der Waals surface area contributed by atoms with E-state index in [4.69, 9.17) is 9.26 Å². The van der Waals surface area contributed by atoms with Crippen LogP contribution in [0.5, 0.6) is 0 Å². The maximum atomic E-state index is 12.6. The number of esters is 1. The minimum absolute atomic E-state index is 0.270. The second kappa shape index (κ2) is 7.00. The molecule has 0 saturated carbocycles. The van der Waals surface area contributed by atoms with Gasteiger partial charge >= 0.3 is 5.97 Å². The number of aryl methyl sites for hydroxylation is 1. The Labute approximate surface area is 144 Å². The van der Waals surface area contributed by atoms with Crippen LogP contribution in [-0.2, 0) is 4.74 Å². The van der Waals surface area contributed by atoms with Crippen LogP contribution in [0.4, 0.5) is 5.69 Å². The molecule has 0 unspecified atom stereocenters. The fraction of sp³-hybridized carbons (Fsp3) is 0.105. The van der Waals surface area contributed by atoms with Gasteiger partial charge in [-0.1, -0.05) is 47.1 Å². The third kappa shape index (κ3) is 3.42. The van der Waals surface area contributed by atoms with Crippen molar-refractivity contribution in [2.75, 3.05) is 12.4 Å². The molecule has 1 N–H and O–H groups in total. The first kappa shape index (κ1) is 16.4. The van der Waals surface area contributed by atoms with Gasteiger partial charge in [0.1, 0.15) is 5.56 Å². The van der Waals surface area contributed by atoms with Crippen LogP contribution < -0.4 is 5.32 Å². The molecule has 1 heterocycles. The Balaban J connectivity index is 1.90. The number of amides is 1. The summed E-state index contributed by atoms with van der Waals surface area (Å²) in [6.45, 7) is 1.97. The van der Waals surface area contributed by atoms with Gasteiger partial charge < -0.3 is 14.6 Å². The lowest BCUT2D eigenvalue weighted by atomic mass is 10.1. The average Bonchev–Trinajstić information content (AvgIpc) is 3.12. The van der Waals surface area contributed by atoms with Crippen molar-refractivity contribution in [3.63, 3.8) is 0 Å². The monoisotopic (exact) mass is 336 g/mol. The molecule has 0 bridgehead atoms. The van der Waals surface area contributed by atoms with Gasteiger partial charge in [-0.2, -0.15) is 0 Å². The number of para-hydroxylation sites is 1. The number of rotatable bonds is 4. The number of hydrogen-bond acceptors (Lipinski definition) is 5. The van der Waals surface area contributed by atoms with Crippen LogP contribution in [0.3, 0.4) is 0 Å². The molecule has 3 rings (SSSR count). The second-order valence-electron chi connectivity index (χ2n) is 5.43. The highest BCUT2D eigenvalue weighted by molar-refractivity contribution is 6.10. The van der Waals surface area contributed by atoms with Crippen molar-refractivity contribution in [3.8, 4) is 11.3 Å². The summed E-state index contributed by atoms with van der Waals surface area (Å²) in [4.78, 5) is 24.5. The third-order valence-electron chi connectivity index (χ3n) is 3.71. The number of nitrogens with zero attached hydrogens (tertiary/aromatic N) is 1. The van der Waals surface area contributed by atoms with E-state index < -0.39 is 11.9 Å². The molecule has 1 aromatic heterocycles. The first-order valence-electron chi connectivity index (χ1n) is 7.60. The number of hydrogen-bond donors (Lipinski definition) is 1. The maximum Gasteiger partial charge on any atom is 0.339 e. The number of anilines is 1. The molecular weight excluding hydrogens is 320 g/mol. The van der Waals surface area contributed by atoms with Crippen molar-refractivity contribution in [1.82, 2.24) is 5.16 Å². The molecule has 0 radical (unpaired) electrons. The Kier molecular flexibility index (Phi) is 4.61. The zero-order valence-corrected chi connectivity index (χ0v) is 13.8. The molecule has 0 aliphatic carbocycles. The van der Waals surface area contributed by atoms with Gasteiger partial charge in [-0.3, -0.25) is 4.79 Å². The molecule has 2 aromatic carbocycles. The first-order chi connectivity index (χ1) is 12.1. The number of carbonyl (C=O) groups is 2. The minimum Gasteiger partial charge on any atom is -0.465 e. The summed E-state index contributed by atoms with van der Waals surface area (Å²) in [7, 11) is 1.29. The summed E-state index contributed by atoms with van der Waals surface area (Å²) in [5, 5.41) is 6.44. The van der Waals surface area contributed by atoms with Gasteiger partial charge in [0, 0.05) is 5.56 Å². The van der Waals surface area contributed by atoms with E-state index >= 15 is 0 Å². The topological polar surface area (TPSA) is 81.4 Å². The number of carbonyl (C=O) groups excluding carboxylic acids is 2. The number of aromatic nitrogens is 1. The van der Waals surface area contributed by atoms with Gasteiger partial charge in [0.25, 0.3) is 5.91 Å². The Morgan fingerprint density at radius 2 is 1.76 bits per heavy atom. The standard InChI is InChI=1S/C19H16N2O4/c1-12-7-9-13(10-8-12)17-15(11-20-25-17)18(22)21-16-6-4-3-5-14(16)19(23)24-2/h3-11H,1-2H3,(H,21,22). The van der Waals surface area contributed by atoms with Crippen molar-refractivity contribution in [3.05, 3.63) is 71.4 Å². The van der Waals surface area contributed by atoms with Crippen molar-refractivity contribution in [2.24, 2.45) is 0 Å². The van der Waals surface area contributed by atoms with Crippen LogP contribution in [0.1, 0.15) is 26.3 Å². The summed E-state index contributed by atoms with van der Waals surface area (Å²) in [5.41, 5.74) is 2.75. The minimum atomic E-state index is -0.528. The number of methoxy groups -OCH3 is 1. The maximum absolute atomic E-state index is 12.6. The second-order valence-corrected chi connectivity index (χ2v) is 5.43. The van der Waals surface area contributed by atoms with E-state index in [0.29, 0.717) is 11.4 Å². The van der Waals surface area contributed by atoms with E-state index in [1.165, 1.54) is 13.3 Å². The van der Waals surface area contributed by atoms with Crippen LogP contribution in [0, 0.1) is 6.92 Å². The van der Waals surface area contributed by atoms with E-state index in [9.17, 15) is 9.59 Å². The highest BCUT2D eigenvalue weighted by atomic mass is 16.5. The molecule has 25 heavy (non-hydrogen) atoms. The molecule has 3 aromatic rings. The fourth-order valence-electron chi connectivity index (χ4n) is 2.38. The zero-order chi connectivity index (χ0) is 17.8. The average molecular weight is 336 g/mol. The lowest BCUT2D eigenvalue weighted by Gasteiger charge is -2.09. The van der Waals surface area contributed by atoms with Gasteiger partial charge in [-0.15, -0.1) is 0 Å². The highest BCUT2D eigenvalue weighted by Crippen LogP contribution is 2.25. The van der Waals surface area contributed by atoms with Crippen LogP contribution in [-0.4, -0.2) is 24.1 Å². The molecule has 1 amide bonds. The first-order valence-corrected chi connectivity index (χ1v) is 7.60. The summed E-state index contributed by atoms with van der Waals surface area (Å²) in [6.07, 6.45) is 1.35. The van der Waals surface area contributed by atoms with Crippen molar-refractivity contribution < 1.29 is 18.8 Å². The van der Waals surface area contributed by atoms with E-state index in [1.807, 2.05) is 31.2 Å². The van der Waals surface area contributed by atoms with E-state index in [-0.39, 0.29) is 11.1 Å². The van der Waals surface area contributed by atoms with Gasteiger partial charge in [-0.25, -0.2) is 4.79 Å². The molecule has 6 nitrogen and oxygen atoms in total. The van der Waals surface area contributed by atoms with E-state index in [2.05, 4.69) is 10.5 Å². The fourth-order valence-corrected chi connectivity index (χ4v) is 2.38. The molecule has 126 valence electrons. The third-order valence-corrected chi connectivity index (χ3v) is 3.71. The largest absolute Gasteiger partial charge is 0.465 e. The quantitative estimate of drug-likeness (QED) is 0.735. The normalized spacial score (nSPS) is 10.3. The van der Waals surface area contributed by atoms with E-state index in [1.54, 1.807) is 24.3 Å². The zero-order valence-electron chi connectivity index (χ0n) is 13.8. The molecular formula is C19H16N2O4. The predicted octanol–water partition coefficient (Wildman–Crippen LogP) is 3.69. The van der Waals surface area contributed by atoms with Crippen LogP contribution in [0.2, 0.25) is 0 Å². The van der Waals surface area contributed by atoms with Crippen molar-refractivity contribution in [2.45, 2.75) is 6.92 Å². The van der Waals surface area contributed by atoms with Gasteiger partial charge in [0.05, 0.1) is 24.6 Å². The molecule has 6 heteroatoms. The predicted molar refractivity (Wildman–Crippen MR) is 92.4 cm³/mol.